The lowest BCUT2D eigenvalue weighted by molar-refractivity contribution is 0.233. The number of urea groups is 1. The average Bonchev–Trinajstić information content (AvgIpc) is 3.00. The van der Waals surface area contributed by atoms with Gasteiger partial charge in [-0.15, -0.1) is 11.3 Å². The van der Waals surface area contributed by atoms with E-state index in [2.05, 4.69) is 27.0 Å². The smallest absolute Gasteiger partial charge is 0.315 e. The second-order valence-corrected chi connectivity index (χ2v) is 6.02. The molecule has 0 radical (unpaired) electrons. The number of amides is 2. The Morgan fingerprint density at radius 2 is 1.90 bits per heavy atom. The average molecular weight is 303 g/mol. The molecule has 1 atom stereocenters. The van der Waals surface area contributed by atoms with Crippen molar-refractivity contribution in [3.8, 4) is 0 Å². The maximum absolute atomic E-state index is 11.9. The molecule has 0 saturated heterocycles. The third kappa shape index (κ3) is 4.88. The van der Waals surface area contributed by atoms with Gasteiger partial charge in [0.05, 0.1) is 6.04 Å². The van der Waals surface area contributed by atoms with Crippen LogP contribution in [0, 0.1) is 0 Å². The van der Waals surface area contributed by atoms with Crippen molar-refractivity contribution in [3.63, 3.8) is 0 Å². The molecule has 4 nitrogen and oxygen atoms in total. The third-order valence-corrected chi connectivity index (χ3v) is 4.22. The second-order valence-electron chi connectivity index (χ2n) is 5.04. The van der Waals surface area contributed by atoms with Gasteiger partial charge in [-0.25, -0.2) is 4.79 Å². The zero-order valence-corrected chi connectivity index (χ0v) is 13.2. The summed E-state index contributed by atoms with van der Waals surface area (Å²) in [5.74, 6) is 0. The van der Waals surface area contributed by atoms with E-state index in [1.807, 2.05) is 50.5 Å². The lowest BCUT2D eigenvalue weighted by atomic mass is 10.2. The Hall–Kier alpha value is -1.85. The van der Waals surface area contributed by atoms with Gasteiger partial charge in [0.15, 0.2) is 0 Å². The number of hydrogen-bond donors (Lipinski definition) is 2. The first-order chi connectivity index (χ1) is 10.2. The molecule has 0 fully saturated rings. The largest absolute Gasteiger partial charge is 0.336 e. The summed E-state index contributed by atoms with van der Waals surface area (Å²) in [6.07, 6.45) is 0. The monoisotopic (exact) mass is 303 g/mol. The molecular weight excluding hydrogens is 282 g/mol. The Kier molecular flexibility index (Phi) is 5.78. The fraction of sp³-hybridized carbons (Fsp3) is 0.312. The summed E-state index contributed by atoms with van der Waals surface area (Å²) in [5, 5.41) is 7.87. The minimum absolute atomic E-state index is 0.137. The van der Waals surface area contributed by atoms with Gasteiger partial charge >= 0.3 is 6.03 Å². The van der Waals surface area contributed by atoms with Crippen molar-refractivity contribution in [1.82, 2.24) is 15.5 Å². The molecule has 2 aromatic rings. The molecule has 112 valence electrons. The van der Waals surface area contributed by atoms with Crippen LogP contribution in [0.5, 0.6) is 0 Å². The lowest BCUT2D eigenvalue weighted by Gasteiger charge is -2.23. The van der Waals surface area contributed by atoms with Gasteiger partial charge in [-0.3, -0.25) is 0 Å². The fourth-order valence-electron chi connectivity index (χ4n) is 2.05. The van der Waals surface area contributed by atoms with E-state index < -0.39 is 0 Å². The highest BCUT2D eigenvalue weighted by Crippen LogP contribution is 2.22. The van der Waals surface area contributed by atoms with Crippen LogP contribution in [0.4, 0.5) is 4.79 Å². The van der Waals surface area contributed by atoms with Crippen LogP contribution in [-0.4, -0.2) is 31.6 Å². The molecule has 2 N–H and O–H groups in total. The number of hydrogen-bond acceptors (Lipinski definition) is 3. The molecule has 21 heavy (non-hydrogen) atoms. The normalized spacial score (nSPS) is 12.1. The van der Waals surface area contributed by atoms with Crippen LogP contribution in [0.25, 0.3) is 0 Å². The zero-order chi connectivity index (χ0) is 15.1. The Bertz CT molecular complexity index is 540. The van der Waals surface area contributed by atoms with E-state index in [9.17, 15) is 4.79 Å². The Morgan fingerprint density at radius 3 is 2.52 bits per heavy atom. The van der Waals surface area contributed by atoms with Gasteiger partial charge in [0.1, 0.15) is 0 Å². The summed E-state index contributed by atoms with van der Waals surface area (Å²) in [5.41, 5.74) is 1.09. The molecule has 1 aromatic heterocycles. The molecular formula is C16H21N3OS. The Balaban J connectivity index is 1.80. The third-order valence-electron chi connectivity index (χ3n) is 3.25. The van der Waals surface area contributed by atoms with E-state index >= 15 is 0 Å². The highest BCUT2D eigenvalue weighted by Gasteiger charge is 2.15. The fourth-order valence-corrected chi connectivity index (χ4v) is 2.97. The van der Waals surface area contributed by atoms with Crippen molar-refractivity contribution < 1.29 is 4.79 Å². The molecule has 0 aliphatic rings. The molecule has 0 aliphatic heterocycles. The number of benzene rings is 1. The molecule has 2 amide bonds. The van der Waals surface area contributed by atoms with Crippen LogP contribution in [0.1, 0.15) is 16.5 Å². The van der Waals surface area contributed by atoms with Gasteiger partial charge in [0, 0.05) is 18.0 Å². The van der Waals surface area contributed by atoms with Crippen LogP contribution in [-0.2, 0) is 6.54 Å². The highest BCUT2D eigenvalue weighted by atomic mass is 32.1. The van der Waals surface area contributed by atoms with Crippen LogP contribution in [0.3, 0.4) is 0 Å². The topological polar surface area (TPSA) is 44.4 Å². The van der Waals surface area contributed by atoms with Crippen LogP contribution >= 0.6 is 11.3 Å². The minimum Gasteiger partial charge on any atom is -0.336 e. The predicted octanol–water partition coefficient (Wildman–Crippen LogP) is 2.85. The lowest BCUT2D eigenvalue weighted by Crippen LogP contribution is -2.40. The molecule has 5 heteroatoms. The van der Waals surface area contributed by atoms with Crippen LogP contribution < -0.4 is 10.6 Å². The molecule has 2 rings (SSSR count). The van der Waals surface area contributed by atoms with Crippen molar-refractivity contribution in [2.24, 2.45) is 0 Å². The van der Waals surface area contributed by atoms with Gasteiger partial charge in [-0.05, 0) is 31.1 Å². The predicted molar refractivity (Wildman–Crippen MR) is 87.4 cm³/mol. The van der Waals surface area contributed by atoms with Gasteiger partial charge in [-0.1, -0.05) is 36.4 Å². The molecule has 0 spiro atoms. The first kappa shape index (κ1) is 15.5. The summed E-state index contributed by atoms with van der Waals surface area (Å²) < 4.78 is 0. The number of likely N-dealkylation sites (N-methyl/N-ethyl adjacent to an activating group) is 1. The summed E-state index contributed by atoms with van der Waals surface area (Å²) >= 11 is 1.71. The number of nitrogens with one attached hydrogen (secondary N) is 2. The van der Waals surface area contributed by atoms with Crippen LogP contribution in [0.15, 0.2) is 47.8 Å². The standard InChI is InChI=1S/C16H21N3OS/c1-19(2)14(15-9-6-10-21-15)12-18-16(20)17-11-13-7-4-3-5-8-13/h3-10,14H,11-12H2,1-2H3,(H2,17,18,20)/t14-/m1/s1. The van der Waals surface area contributed by atoms with Crippen molar-refractivity contribution in [3.05, 3.63) is 58.3 Å². The van der Waals surface area contributed by atoms with E-state index in [4.69, 9.17) is 0 Å². The van der Waals surface area contributed by atoms with Gasteiger partial charge in [-0.2, -0.15) is 0 Å². The molecule has 1 heterocycles. The van der Waals surface area contributed by atoms with E-state index in [0.717, 1.165) is 5.56 Å². The maximum Gasteiger partial charge on any atom is 0.315 e. The number of carbonyl (C=O) groups is 1. The maximum atomic E-state index is 11.9. The summed E-state index contributed by atoms with van der Waals surface area (Å²) in [4.78, 5) is 15.2. The quantitative estimate of drug-likeness (QED) is 0.862. The van der Waals surface area contributed by atoms with Crippen molar-refractivity contribution in [2.45, 2.75) is 12.6 Å². The summed E-state index contributed by atoms with van der Waals surface area (Å²) in [6, 6.07) is 14.1. The molecule has 0 bridgehead atoms. The summed E-state index contributed by atoms with van der Waals surface area (Å²) in [7, 11) is 4.04. The Morgan fingerprint density at radius 1 is 1.14 bits per heavy atom. The first-order valence-corrected chi connectivity index (χ1v) is 7.80. The molecule has 0 saturated carbocycles. The zero-order valence-electron chi connectivity index (χ0n) is 12.4. The van der Waals surface area contributed by atoms with E-state index in [1.54, 1.807) is 11.3 Å². The number of thiophene rings is 1. The van der Waals surface area contributed by atoms with Crippen molar-refractivity contribution in [1.29, 1.82) is 0 Å². The van der Waals surface area contributed by atoms with Gasteiger partial charge in [0.2, 0.25) is 0 Å². The van der Waals surface area contributed by atoms with Gasteiger partial charge in [0.25, 0.3) is 0 Å². The number of nitrogens with zero attached hydrogens (tertiary/aromatic N) is 1. The molecule has 1 aromatic carbocycles. The first-order valence-electron chi connectivity index (χ1n) is 6.92. The minimum atomic E-state index is -0.137. The van der Waals surface area contributed by atoms with E-state index in [1.165, 1.54) is 4.88 Å². The SMILES string of the molecule is CN(C)[C@H](CNC(=O)NCc1ccccc1)c1cccs1. The number of carbonyl (C=O) groups excluding carboxylic acids is 1. The van der Waals surface area contributed by atoms with Gasteiger partial charge < -0.3 is 15.5 Å². The Labute approximate surface area is 129 Å². The second kappa shape index (κ2) is 7.81. The number of rotatable bonds is 6. The van der Waals surface area contributed by atoms with E-state index in [0.29, 0.717) is 13.1 Å². The van der Waals surface area contributed by atoms with Crippen LogP contribution in [0.2, 0.25) is 0 Å². The highest BCUT2D eigenvalue weighted by molar-refractivity contribution is 7.10. The van der Waals surface area contributed by atoms with Crippen molar-refractivity contribution >= 4 is 17.4 Å². The summed E-state index contributed by atoms with van der Waals surface area (Å²) in [6.45, 7) is 1.13. The van der Waals surface area contributed by atoms with Crippen molar-refractivity contribution in [2.75, 3.05) is 20.6 Å². The van der Waals surface area contributed by atoms with E-state index in [-0.39, 0.29) is 12.1 Å². The molecule has 0 unspecified atom stereocenters. The molecule has 0 aliphatic carbocycles.